The molecular formula is C20H30N4O4. The SMILES string of the molecule is CCC.COc1ccc(C(NN)=C(N)c2cc(OC)c(OC)c(OC)c2)cn1. The summed E-state index contributed by atoms with van der Waals surface area (Å²) < 4.78 is 21.1. The highest BCUT2D eigenvalue weighted by atomic mass is 16.5. The van der Waals surface area contributed by atoms with Crippen LogP contribution in [0, 0.1) is 0 Å². The van der Waals surface area contributed by atoms with E-state index in [1.165, 1.54) is 27.8 Å². The van der Waals surface area contributed by atoms with E-state index in [9.17, 15) is 0 Å². The Balaban J connectivity index is 0.00000122. The number of rotatable bonds is 7. The van der Waals surface area contributed by atoms with Crippen LogP contribution in [0.25, 0.3) is 11.4 Å². The third-order valence-corrected chi connectivity index (χ3v) is 3.62. The molecule has 8 heteroatoms. The maximum absolute atomic E-state index is 6.32. The summed E-state index contributed by atoms with van der Waals surface area (Å²) in [5.41, 5.74) is 11.2. The lowest BCUT2D eigenvalue weighted by molar-refractivity contribution is 0.324. The molecule has 0 fully saturated rings. The van der Waals surface area contributed by atoms with Crippen LogP contribution in [0.1, 0.15) is 31.4 Å². The lowest BCUT2D eigenvalue weighted by atomic mass is 10.1. The predicted molar refractivity (Wildman–Crippen MR) is 111 cm³/mol. The number of hydrazine groups is 1. The van der Waals surface area contributed by atoms with Gasteiger partial charge in [-0.2, -0.15) is 0 Å². The predicted octanol–water partition coefficient (Wildman–Crippen LogP) is 2.78. The van der Waals surface area contributed by atoms with Gasteiger partial charge in [-0.25, -0.2) is 4.98 Å². The summed E-state index contributed by atoms with van der Waals surface area (Å²) in [5.74, 6) is 7.63. The van der Waals surface area contributed by atoms with E-state index in [2.05, 4.69) is 24.3 Å². The lowest BCUT2D eigenvalue weighted by Crippen LogP contribution is -2.23. The van der Waals surface area contributed by atoms with E-state index in [1.54, 1.807) is 37.6 Å². The Kier molecular flexibility index (Phi) is 9.45. The fourth-order valence-corrected chi connectivity index (χ4v) is 2.35. The molecule has 154 valence electrons. The second-order valence-corrected chi connectivity index (χ2v) is 5.64. The maximum atomic E-state index is 6.32. The Morgan fingerprint density at radius 2 is 1.50 bits per heavy atom. The number of aromatic nitrogens is 1. The molecule has 1 heterocycles. The van der Waals surface area contributed by atoms with Crippen LogP contribution in [0.15, 0.2) is 30.5 Å². The van der Waals surface area contributed by atoms with Gasteiger partial charge >= 0.3 is 0 Å². The number of ether oxygens (including phenoxy) is 4. The first-order valence-corrected chi connectivity index (χ1v) is 8.78. The number of nitrogens with one attached hydrogen (secondary N) is 1. The molecule has 0 spiro atoms. The van der Waals surface area contributed by atoms with Gasteiger partial charge in [0.25, 0.3) is 0 Å². The first-order valence-electron chi connectivity index (χ1n) is 8.78. The third kappa shape index (κ3) is 5.43. The van der Waals surface area contributed by atoms with Crippen molar-refractivity contribution in [2.45, 2.75) is 20.3 Å². The zero-order chi connectivity index (χ0) is 21.1. The summed E-state index contributed by atoms with van der Waals surface area (Å²) in [6.07, 6.45) is 2.86. The van der Waals surface area contributed by atoms with Gasteiger partial charge in [-0.1, -0.05) is 20.3 Å². The highest BCUT2D eigenvalue weighted by Crippen LogP contribution is 2.39. The molecule has 0 unspecified atom stereocenters. The van der Waals surface area contributed by atoms with E-state index in [4.69, 9.17) is 30.5 Å². The van der Waals surface area contributed by atoms with Crippen LogP contribution in [0.2, 0.25) is 0 Å². The first kappa shape index (κ1) is 22.9. The molecule has 5 N–H and O–H groups in total. The molecule has 0 bridgehead atoms. The van der Waals surface area contributed by atoms with Crippen LogP contribution in [0.5, 0.6) is 23.1 Å². The second-order valence-electron chi connectivity index (χ2n) is 5.64. The Morgan fingerprint density at radius 1 is 0.929 bits per heavy atom. The van der Waals surface area contributed by atoms with E-state index < -0.39 is 0 Å². The molecule has 0 aliphatic heterocycles. The molecule has 1 aromatic heterocycles. The molecule has 0 aliphatic carbocycles. The first-order chi connectivity index (χ1) is 13.5. The summed E-state index contributed by atoms with van der Waals surface area (Å²) in [6.45, 7) is 4.25. The number of nitrogens with two attached hydrogens (primary N) is 2. The molecule has 0 saturated heterocycles. The summed E-state index contributed by atoms with van der Waals surface area (Å²) >= 11 is 0. The summed E-state index contributed by atoms with van der Waals surface area (Å²) in [7, 11) is 6.16. The molecule has 2 aromatic rings. The van der Waals surface area contributed by atoms with Crippen molar-refractivity contribution >= 4 is 11.4 Å². The Hall–Kier alpha value is -3.13. The van der Waals surface area contributed by atoms with Gasteiger partial charge in [-0.15, -0.1) is 0 Å². The van der Waals surface area contributed by atoms with Gasteiger partial charge in [0.2, 0.25) is 11.6 Å². The van der Waals surface area contributed by atoms with Crippen molar-refractivity contribution in [3.63, 3.8) is 0 Å². The monoisotopic (exact) mass is 390 g/mol. The molecule has 1 aromatic carbocycles. The van der Waals surface area contributed by atoms with Crippen LogP contribution in [0.4, 0.5) is 0 Å². The molecule has 0 saturated carbocycles. The number of benzene rings is 1. The van der Waals surface area contributed by atoms with E-state index in [1.807, 2.05) is 0 Å². The highest BCUT2D eigenvalue weighted by Gasteiger charge is 2.16. The van der Waals surface area contributed by atoms with E-state index in [-0.39, 0.29) is 0 Å². The van der Waals surface area contributed by atoms with E-state index >= 15 is 0 Å². The molecule has 2 rings (SSSR count). The number of nitrogens with zero attached hydrogens (tertiary/aromatic N) is 1. The normalized spacial score (nSPS) is 10.8. The molecule has 0 aliphatic rings. The average molecular weight is 390 g/mol. The van der Waals surface area contributed by atoms with Crippen molar-refractivity contribution in [3.8, 4) is 23.1 Å². The summed E-state index contributed by atoms with van der Waals surface area (Å²) in [5, 5.41) is 0. The average Bonchev–Trinajstić information content (AvgIpc) is 2.74. The Labute approximate surface area is 166 Å². The molecular weight excluding hydrogens is 360 g/mol. The fourth-order valence-electron chi connectivity index (χ4n) is 2.35. The van der Waals surface area contributed by atoms with Gasteiger partial charge in [0.05, 0.1) is 39.8 Å². The van der Waals surface area contributed by atoms with Crippen molar-refractivity contribution in [2.75, 3.05) is 28.4 Å². The smallest absolute Gasteiger partial charge is 0.212 e. The van der Waals surface area contributed by atoms with Gasteiger partial charge in [-0.05, 0) is 18.2 Å². The molecule has 0 atom stereocenters. The van der Waals surface area contributed by atoms with Gasteiger partial charge < -0.3 is 30.1 Å². The molecule has 0 amide bonds. The summed E-state index contributed by atoms with van der Waals surface area (Å²) in [4.78, 5) is 4.16. The molecule has 8 nitrogen and oxygen atoms in total. The molecule has 28 heavy (non-hydrogen) atoms. The number of methoxy groups -OCH3 is 4. The number of hydrogen-bond donors (Lipinski definition) is 3. The van der Waals surface area contributed by atoms with Crippen molar-refractivity contribution in [2.24, 2.45) is 11.6 Å². The number of pyridine rings is 1. The Morgan fingerprint density at radius 3 is 1.86 bits per heavy atom. The lowest BCUT2D eigenvalue weighted by Gasteiger charge is -2.16. The Bertz CT molecular complexity index is 751. The minimum Gasteiger partial charge on any atom is -0.493 e. The maximum Gasteiger partial charge on any atom is 0.212 e. The highest BCUT2D eigenvalue weighted by molar-refractivity contribution is 5.89. The third-order valence-electron chi connectivity index (χ3n) is 3.62. The van der Waals surface area contributed by atoms with Crippen LogP contribution in [-0.4, -0.2) is 33.4 Å². The van der Waals surface area contributed by atoms with Gasteiger partial charge in [0.1, 0.15) is 0 Å². The minimum absolute atomic E-state index is 0.397. The van der Waals surface area contributed by atoms with Crippen LogP contribution in [0.3, 0.4) is 0 Å². The molecule has 0 radical (unpaired) electrons. The van der Waals surface area contributed by atoms with E-state index in [0.717, 1.165) is 0 Å². The zero-order valence-electron chi connectivity index (χ0n) is 17.3. The van der Waals surface area contributed by atoms with Crippen LogP contribution >= 0.6 is 0 Å². The van der Waals surface area contributed by atoms with Crippen LogP contribution in [-0.2, 0) is 0 Å². The van der Waals surface area contributed by atoms with Crippen molar-refractivity contribution in [1.29, 1.82) is 0 Å². The largest absolute Gasteiger partial charge is 0.493 e. The van der Waals surface area contributed by atoms with E-state index in [0.29, 0.717) is 45.6 Å². The second kappa shape index (κ2) is 11.6. The summed E-state index contributed by atoms with van der Waals surface area (Å²) in [6, 6.07) is 7.00. The van der Waals surface area contributed by atoms with Crippen molar-refractivity contribution in [1.82, 2.24) is 10.4 Å². The standard InChI is InChI=1S/C17H22N4O4.C3H8/c1-22-12-7-11(8-13(23-2)17(12)25-4)15(18)16(21-19)10-5-6-14(24-3)20-9-10;1-3-2/h5-9,21H,18-19H2,1-4H3;3H2,1-2H3. The van der Waals surface area contributed by atoms with Crippen molar-refractivity contribution < 1.29 is 18.9 Å². The van der Waals surface area contributed by atoms with Crippen molar-refractivity contribution in [3.05, 3.63) is 41.6 Å². The number of hydrogen-bond acceptors (Lipinski definition) is 8. The zero-order valence-corrected chi connectivity index (χ0v) is 17.3. The fraction of sp³-hybridized carbons (Fsp3) is 0.350. The topological polar surface area (TPSA) is 114 Å². The van der Waals surface area contributed by atoms with Crippen LogP contribution < -0.4 is 35.9 Å². The van der Waals surface area contributed by atoms with Gasteiger partial charge in [0.15, 0.2) is 11.5 Å². The minimum atomic E-state index is 0.397. The van der Waals surface area contributed by atoms with Gasteiger partial charge in [-0.3, -0.25) is 5.84 Å². The quantitative estimate of drug-likeness (QED) is 0.488. The van der Waals surface area contributed by atoms with Gasteiger partial charge in [0, 0.05) is 23.4 Å².